The second-order valence-electron chi connectivity index (χ2n) is 6.58. The first kappa shape index (κ1) is 14.5. The predicted octanol–water partition coefficient (Wildman–Crippen LogP) is 2.60. The second-order valence-corrected chi connectivity index (χ2v) is 6.58. The van der Waals surface area contributed by atoms with Crippen LogP contribution in [-0.4, -0.2) is 25.2 Å². The molecule has 17 heavy (non-hydrogen) atoms. The fourth-order valence-electron chi connectivity index (χ4n) is 2.11. The molecule has 1 fully saturated rings. The minimum absolute atomic E-state index is 0.0740. The lowest BCUT2D eigenvalue weighted by atomic mass is 9.92. The molecule has 1 N–H and O–H groups in total. The summed E-state index contributed by atoms with van der Waals surface area (Å²) in [7, 11) is 0. The molecule has 1 aliphatic heterocycles. The quantitative estimate of drug-likeness (QED) is 0.769. The van der Waals surface area contributed by atoms with Crippen molar-refractivity contribution in [2.45, 2.75) is 53.6 Å². The third kappa shape index (κ3) is 4.66. The summed E-state index contributed by atoms with van der Waals surface area (Å²) in [4.78, 5) is 12.0. The van der Waals surface area contributed by atoms with Crippen LogP contribution in [0.3, 0.4) is 0 Å². The molecule has 0 aromatic carbocycles. The van der Waals surface area contributed by atoms with E-state index in [1.54, 1.807) is 0 Å². The highest BCUT2D eigenvalue weighted by Crippen LogP contribution is 2.25. The Balaban J connectivity index is 2.60. The van der Waals surface area contributed by atoms with Gasteiger partial charge in [-0.3, -0.25) is 4.79 Å². The number of nitrogens with one attached hydrogen (secondary N) is 1. The van der Waals surface area contributed by atoms with Gasteiger partial charge < -0.3 is 10.1 Å². The van der Waals surface area contributed by atoms with Crippen molar-refractivity contribution in [2.24, 2.45) is 17.3 Å². The number of carbonyl (C=O) groups is 1. The van der Waals surface area contributed by atoms with Crippen molar-refractivity contribution in [3.8, 4) is 0 Å². The first-order chi connectivity index (χ1) is 7.80. The highest BCUT2D eigenvalue weighted by molar-refractivity contribution is 5.75. The molecule has 0 radical (unpaired) electrons. The van der Waals surface area contributed by atoms with Crippen molar-refractivity contribution in [3.63, 3.8) is 0 Å². The van der Waals surface area contributed by atoms with Crippen LogP contribution in [0.2, 0.25) is 0 Å². The Morgan fingerprint density at radius 2 is 2.06 bits per heavy atom. The van der Waals surface area contributed by atoms with E-state index in [4.69, 9.17) is 4.74 Å². The Morgan fingerprint density at radius 3 is 2.47 bits per heavy atom. The van der Waals surface area contributed by atoms with Crippen molar-refractivity contribution in [1.82, 2.24) is 5.32 Å². The van der Waals surface area contributed by atoms with E-state index in [1.807, 2.05) is 20.8 Å². The molecular formula is C14H27NO2. The van der Waals surface area contributed by atoms with E-state index < -0.39 is 5.41 Å². The van der Waals surface area contributed by atoms with Gasteiger partial charge in [-0.2, -0.15) is 0 Å². The van der Waals surface area contributed by atoms with Crippen molar-refractivity contribution in [3.05, 3.63) is 0 Å². The van der Waals surface area contributed by atoms with Gasteiger partial charge >= 0.3 is 5.97 Å². The largest absolute Gasteiger partial charge is 0.462 e. The van der Waals surface area contributed by atoms with E-state index in [0.29, 0.717) is 11.8 Å². The highest BCUT2D eigenvalue weighted by atomic mass is 16.5. The van der Waals surface area contributed by atoms with Gasteiger partial charge in [0.25, 0.3) is 0 Å². The van der Waals surface area contributed by atoms with E-state index in [2.05, 4.69) is 19.2 Å². The molecule has 3 heteroatoms. The first-order valence-corrected chi connectivity index (χ1v) is 6.72. The molecule has 0 unspecified atom stereocenters. The van der Waals surface area contributed by atoms with E-state index in [0.717, 1.165) is 25.9 Å². The lowest BCUT2D eigenvalue weighted by molar-refractivity contribution is -0.162. The van der Waals surface area contributed by atoms with Gasteiger partial charge in [0.15, 0.2) is 0 Å². The molecule has 0 aromatic rings. The Kier molecular flexibility index (Phi) is 4.99. The highest BCUT2D eigenvalue weighted by Gasteiger charge is 2.32. The maximum Gasteiger partial charge on any atom is 0.311 e. The zero-order valence-corrected chi connectivity index (χ0v) is 11.9. The van der Waals surface area contributed by atoms with Crippen molar-refractivity contribution in [2.75, 3.05) is 13.1 Å². The third-order valence-corrected chi connectivity index (χ3v) is 3.20. The topological polar surface area (TPSA) is 38.3 Å². The summed E-state index contributed by atoms with van der Waals surface area (Å²) in [6.07, 6.45) is 2.17. The Hall–Kier alpha value is -0.570. The molecule has 1 saturated heterocycles. The van der Waals surface area contributed by atoms with Crippen LogP contribution in [-0.2, 0) is 9.53 Å². The van der Waals surface area contributed by atoms with Gasteiger partial charge in [0.05, 0.1) is 5.41 Å². The zero-order chi connectivity index (χ0) is 13.1. The van der Waals surface area contributed by atoms with E-state index >= 15 is 0 Å². The summed E-state index contributed by atoms with van der Waals surface area (Å²) in [5.74, 6) is 0.979. The smallest absolute Gasteiger partial charge is 0.311 e. The SMILES string of the molecule is CC(C)C[C@@H](OC(=O)C(C)(C)C)[C@H]1CCNC1. The van der Waals surface area contributed by atoms with Crippen LogP contribution in [0.1, 0.15) is 47.5 Å². The number of ether oxygens (including phenoxy) is 1. The molecular weight excluding hydrogens is 214 g/mol. The Bertz CT molecular complexity index is 249. The number of esters is 1. The fraction of sp³-hybridized carbons (Fsp3) is 0.929. The molecule has 1 rings (SSSR count). The maximum absolute atomic E-state index is 12.0. The van der Waals surface area contributed by atoms with Crippen LogP contribution < -0.4 is 5.32 Å². The average Bonchev–Trinajstić information content (AvgIpc) is 2.66. The maximum atomic E-state index is 12.0. The molecule has 1 aliphatic rings. The lowest BCUT2D eigenvalue weighted by Gasteiger charge is -2.28. The summed E-state index contributed by atoms with van der Waals surface area (Å²) in [5.41, 5.74) is -0.402. The summed E-state index contributed by atoms with van der Waals surface area (Å²) in [6, 6.07) is 0. The van der Waals surface area contributed by atoms with E-state index in [9.17, 15) is 4.79 Å². The van der Waals surface area contributed by atoms with Gasteiger partial charge in [-0.1, -0.05) is 13.8 Å². The van der Waals surface area contributed by atoms with Crippen LogP contribution in [0.25, 0.3) is 0 Å². The van der Waals surface area contributed by atoms with Gasteiger partial charge in [-0.05, 0) is 46.1 Å². The van der Waals surface area contributed by atoms with Crippen molar-refractivity contribution in [1.29, 1.82) is 0 Å². The minimum Gasteiger partial charge on any atom is -0.462 e. The molecule has 0 spiro atoms. The Labute approximate surface area is 105 Å². The number of rotatable bonds is 4. The zero-order valence-electron chi connectivity index (χ0n) is 11.9. The van der Waals surface area contributed by atoms with Gasteiger partial charge in [0, 0.05) is 12.5 Å². The number of hydrogen-bond donors (Lipinski definition) is 1. The molecule has 100 valence electrons. The monoisotopic (exact) mass is 241 g/mol. The molecule has 3 nitrogen and oxygen atoms in total. The first-order valence-electron chi connectivity index (χ1n) is 6.72. The molecule has 0 aromatic heterocycles. The summed E-state index contributed by atoms with van der Waals surface area (Å²) in [5, 5.41) is 3.35. The van der Waals surface area contributed by atoms with Gasteiger partial charge in [-0.15, -0.1) is 0 Å². The van der Waals surface area contributed by atoms with Crippen molar-refractivity contribution >= 4 is 5.97 Å². The summed E-state index contributed by atoms with van der Waals surface area (Å²) in [6.45, 7) is 12.1. The molecule has 0 amide bonds. The van der Waals surface area contributed by atoms with Crippen LogP contribution in [0, 0.1) is 17.3 Å². The third-order valence-electron chi connectivity index (χ3n) is 3.20. The standard InChI is InChI=1S/C14H27NO2/c1-10(2)8-12(11-6-7-15-9-11)17-13(16)14(3,4)5/h10-12,15H,6-9H2,1-5H3/t11-,12+/m0/s1. The predicted molar refractivity (Wildman–Crippen MR) is 69.8 cm³/mol. The molecule has 1 heterocycles. The number of carbonyl (C=O) groups excluding carboxylic acids is 1. The van der Waals surface area contributed by atoms with Gasteiger partial charge in [0.2, 0.25) is 0 Å². The number of hydrogen-bond acceptors (Lipinski definition) is 3. The van der Waals surface area contributed by atoms with Crippen LogP contribution >= 0.6 is 0 Å². The minimum atomic E-state index is -0.402. The molecule has 0 saturated carbocycles. The average molecular weight is 241 g/mol. The van der Waals surface area contributed by atoms with Crippen LogP contribution in [0.4, 0.5) is 0 Å². The van der Waals surface area contributed by atoms with Crippen molar-refractivity contribution < 1.29 is 9.53 Å². The van der Waals surface area contributed by atoms with Gasteiger partial charge in [-0.25, -0.2) is 0 Å². The summed E-state index contributed by atoms with van der Waals surface area (Å²) >= 11 is 0. The second kappa shape index (κ2) is 5.85. The fourth-order valence-corrected chi connectivity index (χ4v) is 2.11. The lowest BCUT2D eigenvalue weighted by Crippen LogP contribution is -2.34. The molecule has 0 aliphatic carbocycles. The Morgan fingerprint density at radius 1 is 1.41 bits per heavy atom. The molecule has 0 bridgehead atoms. The van der Waals surface area contributed by atoms with E-state index in [-0.39, 0.29) is 12.1 Å². The van der Waals surface area contributed by atoms with Gasteiger partial charge in [0.1, 0.15) is 6.10 Å². The van der Waals surface area contributed by atoms with Crippen LogP contribution in [0.5, 0.6) is 0 Å². The van der Waals surface area contributed by atoms with Crippen LogP contribution in [0.15, 0.2) is 0 Å². The normalized spacial score (nSPS) is 22.8. The van der Waals surface area contributed by atoms with E-state index in [1.165, 1.54) is 0 Å². The molecule has 2 atom stereocenters. The summed E-state index contributed by atoms with van der Waals surface area (Å²) < 4.78 is 5.73.